The highest BCUT2D eigenvalue weighted by Crippen LogP contribution is 2.25. The third kappa shape index (κ3) is 1.11. The van der Waals surface area contributed by atoms with Crippen LogP contribution in [0.4, 0.5) is 4.39 Å². The van der Waals surface area contributed by atoms with Gasteiger partial charge in [0.15, 0.2) is 0 Å². The van der Waals surface area contributed by atoms with Gasteiger partial charge in [-0.2, -0.15) is 0 Å². The van der Waals surface area contributed by atoms with E-state index in [0.29, 0.717) is 18.7 Å². The van der Waals surface area contributed by atoms with Gasteiger partial charge < -0.3 is 10.4 Å². The van der Waals surface area contributed by atoms with Gasteiger partial charge in [-0.15, -0.1) is 0 Å². The first kappa shape index (κ1) is 7.71. The second-order valence-electron chi connectivity index (χ2n) is 3.15. The lowest BCUT2D eigenvalue weighted by molar-refractivity contribution is -0.0149. The molecule has 0 atom stereocenters. The van der Waals surface area contributed by atoms with Crippen LogP contribution in [0, 0.1) is 5.82 Å². The quantitative estimate of drug-likeness (QED) is 0.642. The highest BCUT2D eigenvalue weighted by Gasteiger charge is 2.36. The third-order valence-electron chi connectivity index (χ3n) is 2.20. The number of benzene rings is 1. The standard InChI is InChI=1S/C9H10FNO/c10-8-3-1-2-7(4-8)9(12)5-11-6-9/h1-4,11-12H,5-6H2. The van der Waals surface area contributed by atoms with Crippen molar-refractivity contribution in [2.75, 3.05) is 13.1 Å². The van der Waals surface area contributed by atoms with Gasteiger partial charge in [0.1, 0.15) is 11.4 Å². The van der Waals surface area contributed by atoms with Crippen LogP contribution in [0.5, 0.6) is 0 Å². The molecule has 2 nitrogen and oxygen atoms in total. The minimum Gasteiger partial charge on any atom is -0.382 e. The molecule has 1 aromatic rings. The van der Waals surface area contributed by atoms with E-state index < -0.39 is 5.60 Å². The Morgan fingerprint density at radius 3 is 2.67 bits per heavy atom. The van der Waals surface area contributed by atoms with E-state index in [0.717, 1.165) is 0 Å². The Hall–Kier alpha value is -0.930. The summed E-state index contributed by atoms with van der Waals surface area (Å²) in [5.41, 5.74) is -0.191. The average molecular weight is 167 g/mol. The highest BCUT2D eigenvalue weighted by atomic mass is 19.1. The van der Waals surface area contributed by atoms with Crippen molar-refractivity contribution in [2.45, 2.75) is 5.60 Å². The molecule has 64 valence electrons. The van der Waals surface area contributed by atoms with E-state index >= 15 is 0 Å². The number of aliphatic hydroxyl groups is 1. The van der Waals surface area contributed by atoms with Gasteiger partial charge in [-0.05, 0) is 17.7 Å². The molecule has 0 aliphatic carbocycles. The molecule has 1 aromatic carbocycles. The summed E-state index contributed by atoms with van der Waals surface area (Å²) in [6.07, 6.45) is 0. The van der Waals surface area contributed by atoms with Crippen LogP contribution in [0.1, 0.15) is 5.56 Å². The van der Waals surface area contributed by atoms with E-state index in [9.17, 15) is 9.50 Å². The van der Waals surface area contributed by atoms with Crippen LogP contribution in [-0.2, 0) is 5.60 Å². The van der Waals surface area contributed by atoms with Crippen LogP contribution >= 0.6 is 0 Å². The summed E-state index contributed by atoms with van der Waals surface area (Å²) in [5.74, 6) is -0.298. The Balaban J connectivity index is 2.33. The monoisotopic (exact) mass is 167 g/mol. The van der Waals surface area contributed by atoms with Gasteiger partial charge in [-0.25, -0.2) is 4.39 Å². The Kier molecular flexibility index (Phi) is 1.63. The second-order valence-corrected chi connectivity index (χ2v) is 3.15. The number of hydrogen-bond acceptors (Lipinski definition) is 2. The van der Waals surface area contributed by atoms with Crippen molar-refractivity contribution in [1.29, 1.82) is 0 Å². The number of rotatable bonds is 1. The Morgan fingerprint density at radius 1 is 1.42 bits per heavy atom. The first-order valence-electron chi connectivity index (χ1n) is 3.90. The molecule has 0 radical (unpaired) electrons. The first-order chi connectivity index (χ1) is 5.71. The minimum atomic E-state index is -0.845. The van der Waals surface area contributed by atoms with E-state index in [1.165, 1.54) is 12.1 Å². The predicted molar refractivity (Wildman–Crippen MR) is 43.2 cm³/mol. The molecule has 3 heteroatoms. The molecule has 0 amide bonds. The molecule has 1 aliphatic heterocycles. The first-order valence-corrected chi connectivity index (χ1v) is 3.90. The van der Waals surface area contributed by atoms with Crippen molar-refractivity contribution in [1.82, 2.24) is 5.32 Å². The largest absolute Gasteiger partial charge is 0.382 e. The molecule has 12 heavy (non-hydrogen) atoms. The van der Waals surface area contributed by atoms with E-state index in [1.807, 2.05) is 0 Å². The fraction of sp³-hybridized carbons (Fsp3) is 0.333. The molecule has 2 rings (SSSR count). The molecule has 0 unspecified atom stereocenters. The van der Waals surface area contributed by atoms with E-state index in [-0.39, 0.29) is 5.82 Å². The van der Waals surface area contributed by atoms with E-state index in [1.54, 1.807) is 12.1 Å². The Labute approximate surface area is 70.0 Å². The zero-order chi connectivity index (χ0) is 8.60. The van der Waals surface area contributed by atoms with E-state index in [4.69, 9.17) is 0 Å². The summed E-state index contributed by atoms with van der Waals surface area (Å²) in [7, 11) is 0. The fourth-order valence-corrected chi connectivity index (χ4v) is 1.34. The SMILES string of the molecule is OC1(c2cccc(F)c2)CNC1. The lowest BCUT2D eigenvalue weighted by Crippen LogP contribution is -2.56. The number of β-amino-alcohol motifs (C(OH)–C–C–N with tert-alkyl or cyclic N) is 1. The average Bonchev–Trinajstić information content (AvgIpc) is 2.00. The van der Waals surface area contributed by atoms with Crippen LogP contribution < -0.4 is 5.32 Å². The van der Waals surface area contributed by atoms with Crippen molar-refractivity contribution in [3.63, 3.8) is 0 Å². The summed E-state index contributed by atoms with van der Waals surface area (Å²) in [5, 5.41) is 12.7. The van der Waals surface area contributed by atoms with Crippen molar-refractivity contribution in [3.8, 4) is 0 Å². The number of halogens is 1. The summed E-state index contributed by atoms with van der Waals surface area (Å²) in [6, 6.07) is 6.10. The summed E-state index contributed by atoms with van der Waals surface area (Å²) >= 11 is 0. The summed E-state index contributed by atoms with van der Waals surface area (Å²) < 4.78 is 12.7. The Morgan fingerprint density at radius 2 is 2.17 bits per heavy atom. The van der Waals surface area contributed by atoms with Crippen molar-refractivity contribution in [2.24, 2.45) is 0 Å². The molecule has 1 heterocycles. The lowest BCUT2D eigenvalue weighted by atomic mass is 9.88. The number of nitrogens with one attached hydrogen (secondary N) is 1. The molecule has 0 saturated carbocycles. The zero-order valence-electron chi connectivity index (χ0n) is 6.55. The van der Waals surface area contributed by atoms with Gasteiger partial charge >= 0.3 is 0 Å². The zero-order valence-corrected chi connectivity index (χ0v) is 6.55. The van der Waals surface area contributed by atoms with E-state index in [2.05, 4.69) is 5.32 Å². The van der Waals surface area contributed by atoms with Crippen molar-refractivity contribution >= 4 is 0 Å². The second kappa shape index (κ2) is 2.54. The van der Waals surface area contributed by atoms with Gasteiger partial charge in [0.25, 0.3) is 0 Å². The molecule has 1 fully saturated rings. The van der Waals surface area contributed by atoms with Gasteiger partial charge in [0, 0.05) is 13.1 Å². The van der Waals surface area contributed by atoms with Gasteiger partial charge in [-0.1, -0.05) is 12.1 Å². The third-order valence-corrected chi connectivity index (χ3v) is 2.20. The minimum absolute atomic E-state index is 0.298. The fourth-order valence-electron chi connectivity index (χ4n) is 1.34. The maximum Gasteiger partial charge on any atom is 0.123 e. The summed E-state index contributed by atoms with van der Waals surface area (Å²) in [4.78, 5) is 0. The van der Waals surface area contributed by atoms with Gasteiger partial charge in [0.05, 0.1) is 0 Å². The number of hydrogen-bond donors (Lipinski definition) is 2. The Bertz CT molecular complexity index is 296. The topological polar surface area (TPSA) is 32.3 Å². The van der Waals surface area contributed by atoms with Crippen molar-refractivity contribution in [3.05, 3.63) is 35.6 Å². The van der Waals surface area contributed by atoms with Crippen molar-refractivity contribution < 1.29 is 9.50 Å². The van der Waals surface area contributed by atoms with Crippen LogP contribution in [0.25, 0.3) is 0 Å². The normalized spacial score (nSPS) is 20.2. The molecular weight excluding hydrogens is 157 g/mol. The molecule has 0 aromatic heterocycles. The highest BCUT2D eigenvalue weighted by molar-refractivity contribution is 5.26. The van der Waals surface area contributed by atoms with Crippen LogP contribution in [0.15, 0.2) is 24.3 Å². The van der Waals surface area contributed by atoms with Crippen LogP contribution in [-0.4, -0.2) is 18.2 Å². The van der Waals surface area contributed by atoms with Gasteiger partial charge in [0.2, 0.25) is 0 Å². The molecule has 1 saturated heterocycles. The van der Waals surface area contributed by atoms with Crippen LogP contribution in [0.2, 0.25) is 0 Å². The predicted octanol–water partition coefficient (Wildman–Crippen LogP) is 0.616. The molecule has 0 bridgehead atoms. The molecule has 1 aliphatic rings. The molecule has 2 N–H and O–H groups in total. The van der Waals surface area contributed by atoms with Gasteiger partial charge in [-0.3, -0.25) is 0 Å². The maximum atomic E-state index is 12.7. The molecular formula is C9H10FNO. The smallest absolute Gasteiger partial charge is 0.123 e. The lowest BCUT2D eigenvalue weighted by Gasteiger charge is -2.37. The van der Waals surface area contributed by atoms with Crippen LogP contribution in [0.3, 0.4) is 0 Å². The summed E-state index contributed by atoms with van der Waals surface area (Å²) in [6.45, 7) is 1.02. The molecule has 0 spiro atoms. The maximum absolute atomic E-state index is 12.7.